The maximum absolute atomic E-state index is 14.6. The molecule has 2 aromatic carbocycles. The molecule has 2 aromatic rings. The zero-order valence-corrected chi connectivity index (χ0v) is 19.2. The molecule has 178 valence electrons. The van der Waals surface area contributed by atoms with Crippen molar-refractivity contribution in [2.24, 2.45) is 5.92 Å². The standard InChI is InChI=1S/C28H33F3O2/c1-3-5-17-33-22-14-16-23(25(29)18-22)20-10-7-19(8-11-20)9-12-21-13-15-24(26(32)6-4-2)28(31)27(21)30/h3,9,12-16,18-20,26,32H,1,4-8,10-11,17H2,2H3/b12-9+. The molecule has 0 radical (unpaired) electrons. The Hall–Kier alpha value is -2.53. The van der Waals surface area contributed by atoms with Crippen molar-refractivity contribution in [2.75, 3.05) is 6.61 Å². The molecule has 3 rings (SSSR count). The first-order valence-electron chi connectivity index (χ1n) is 11.8. The van der Waals surface area contributed by atoms with E-state index in [1.165, 1.54) is 18.2 Å². The Bertz CT molecular complexity index is 962. The van der Waals surface area contributed by atoms with Crippen LogP contribution in [0.5, 0.6) is 5.75 Å². The Labute approximate surface area is 194 Å². The van der Waals surface area contributed by atoms with Crippen LogP contribution >= 0.6 is 0 Å². The van der Waals surface area contributed by atoms with E-state index >= 15 is 0 Å². The summed E-state index contributed by atoms with van der Waals surface area (Å²) in [6, 6.07) is 8.05. The first-order valence-corrected chi connectivity index (χ1v) is 11.8. The Morgan fingerprint density at radius 1 is 1.09 bits per heavy atom. The van der Waals surface area contributed by atoms with Gasteiger partial charge in [-0.2, -0.15) is 0 Å². The summed E-state index contributed by atoms with van der Waals surface area (Å²) in [5.41, 5.74) is 0.897. The van der Waals surface area contributed by atoms with Crippen molar-refractivity contribution in [3.63, 3.8) is 0 Å². The molecule has 1 aliphatic rings. The number of allylic oxidation sites excluding steroid dienone is 1. The van der Waals surface area contributed by atoms with Crippen molar-refractivity contribution in [3.8, 4) is 5.75 Å². The fraction of sp³-hybridized carbons (Fsp3) is 0.429. The molecule has 1 saturated carbocycles. The van der Waals surface area contributed by atoms with Crippen molar-refractivity contribution < 1.29 is 23.0 Å². The van der Waals surface area contributed by atoms with E-state index in [1.54, 1.807) is 12.2 Å². The minimum Gasteiger partial charge on any atom is -0.493 e. The first kappa shape index (κ1) is 25.1. The van der Waals surface area contributed by atoms with Gasteiger partial charge in [-0.3, -0.25) is 0 Å². The Balaban J connectivity index is 1.58. The van der Waals surface area contributed by atoms with E-state index in [0.29, 0.717) is 37.2 Å². The molecule has 0 aromatic heterocycles. The number of benzene rings is 2. The minimum absolute atomic E-state index is 0.00570. The van der Waals surface area contributed by atoms with Crippen LogP contribution in [-0.2, 0) is 0 Å². The SMILES string of the molecule is C=CCCOc1ccc(C2CCC(/C=C/c3ccc(C(O)CCC)c(F)c3F)CC2)c(F)c1. The van der Waals surface area contributed by atoms with Gasteiger partial charge in [-0.05, 0) is 62.0 Å². The van der Waals surface area contributed by atoms with Crippen LogP contribution < -0.4 is 4.74 Å². The molecule has 0 saturated heterocycles. The number of hydrogen-bond donors (Lipinski definition) is 1. The van der Waals surface area contributed by atoms with Gasteiger partial charge in [0.1, 0.15) is 11.6 Å². The van der Waals surface area contributed by atoms with Crippen LogP contribution in [0.25, 0.3) is 6.08 Å². The van der Waals surface area contributed by atoms with Crippen LogP contribution in [0.4, 0.5) is 13.2 Å². The van der Waals surface area contributed by atoms with E-state index in [9.17, 15) is 18.3 Å². The lowest BCUT2D eigenvalue weighted by molar-refractivity contribution is 0.160. The lowest BCUT2D eigenvalue weighted by atomic mass is 9.78. The van der Waals surface area contributed by atoms with Crippen LogP contribution in [0.1, 0.15) is 80.6 Å². The normalized spacial score (nSPS) is 19.5. The van der Waals surface area contributed by atoms with E-state index in [2.05, 4.69) is 6.58 Å². The summed E-state index contributed by atoms with van der Waals surface area (Å²) in [6.07, 6.45) is 9.47. The van der Waals surface area contributed by atoms with Crippen molar-refractivity contribution in [3.05, 3.63) is 83.2 Å². The molecule has 1 N–H and O–H groups in total. The fourth-order valence-corrected chi connectivity index (χ4v) is 4.45. The molecule has 2 nitrogen and oxygen atoms in total. The highest BCUT2D eigenvalue weighted by Crippen LogP contribution is 2.38. The topological polar surface area (TPSA) is 29.5 Å². The third kappa shape index (κ3) is 6.50. The van der Waals surface area contributed by atoms with Gasteiger partial charge in [0, 0.05) is 17.2 Å². The maximum atomic E-state index is 14.6. The number of rotatable bonds is 10. The third-order valence-corrected chi connectivity index (χ3v) is 6.39. The van der Waals surface area contributed by atoms with Crippen LogP contribution in [0.15, 0.2) is 49.1 Å². The highest BCUT2D eigenvalue weighted by atomic mass is 19.2. The van der Waals surface area contributed by atoms with Crippen LogP contribution in [-0.4, -0.2) is 11.7 Å². The van der Waals surface area contributed by atoms with Crippen LogP contribution in [0.2, 0.25) is 0 Å². The van der Waals surface area contributed by atoms with Gasteiger partial charge < -0.3 is 9.84 Å². The van der Waals surface area contributed by atoms with Crippen LogP contribution in [0.3, 0.4) is 0 Å². The number of halogens is 3. The summed E-state index contributed by atoms with van der Waals surface area (Å²) in [7, 11) is 0. The van der Waals surface area contributed by atoms with E-state index in [-0.39, 0.29) is 28.8 Å². The van der Waals surface area contributed by atoms with E-state index in [4.69, 9.17) is 4.74 Å². The van der Waals surface area contributed by atoms with E-state index < -0.39 is 17.7 Å². The molecule has 1 fully saturated rings. The molecular formula is C28H33F3O2. The Kier molecular flexibility index (Phi) is 9.19. The third-order valence-electron chi connectivity index (χ3n) is 6.39. The minimum atomic E-state index is -0.994. The summed E-state index contributed by atoms with van der Waals surface area (Å²) < 4.78 is 49.0. The van der Waals surface area contributed by atoms with Gasteiger partial charge in [0.25, 0.3) is 0 Å². The summed E-state index contributed by atoms with van der Waals surface area (Å²) in [5.74, 6) is -1.24. The predicted molar refractivity (Wildman–Crippen MR) is 127 cm³/mol. The van der Waals surface area contributed by atoms with E-state index in [0.717, 1.165) is 25.7 Å². The van der Waals surface area contributed by atoms with Gasteiger partial charge in [-0.25, -0.2) is 13.2 Å². The average molecular weight is 459 g/mol. The number of aliphatic hydroxyl groups excluding tert-OH is 1. The molecule has 1 aliphatic carbocycles. The van der Waals surface area contributed by atoms with Gasteiger partial charge in [0.15, 0.2) is 11.6 Å². The highest BCUT2D eigenvalue weighted by molar-refractivity contribution is 5.51. The van der Waals surface area contributed by atoms with Gasteiger partial charge in [-0.1, -0.05) is 49.8 Å². The molecule has 0 spiro atoms. The van der Waals surface area contributed by atoms with Gasteiger partial charge in [0.2, 0.25) is 0 Å². The Morgan fingerprint density at radius 3 is 2.52 bits per heavy atom. The van der Waals surface area contributed by atoms with E-state index in [1.807, 2.05) is 25.1 Å². The molecule has 0 amide bonds. The maximum Gasteiger partial charge on any atom is 0.166 e. The lowest BCUT2D eigenvalue weighted by Crippen LogP contribution is -2.13. The zero-order chi connectivity index (χ0) is 23.8. The lowest BCUT2D eigenvalue weighted by Gasteiger charge is -2.27. The second-order valence-corrected chi connectivity index (χ2v) is 8.76. The van der Waals surface area contributed by atoms with Crippen molar-refractivity contribution in [1.29, 1.82) is 0 Å². The first-order chi connectivity index (χ1) is 15.9. The number of aliphatic hydroxyl groups is 1. The highest BCUT2D eigenvalue weighted by Gasteiger charge is 2.24. The second-order valence-electron chi connectivity index (χ2n) is 8.76. The second kappa shape index (κ2) is 12.1. The molecule has 1 unspecified atom stereocenters. The van der Waals surface area contributed by atoms with Gasteiger partial charge >= 0.3 is 0 Å². The van der Waals surface area contributed by atoms with Gasteiger partial charge in [0.05, 0.1) is 12.7 Å². The Morgan fingerprint density at radius 2 is 1.85 bits per heavy atom. The van der Waals surface area contributed by atoms with Crippen LogP contribution in [0, 0.1) is 23.4 Å². The largest absolute Gasteiger partial charge is 0.493 e. The van der Waals surface area contributed by atoms with Gasteiger partial charge in [-0.15, -0.1) is 6.58 Å². The molecule has 1 atom stereocenters. The fourth-order valence-electron chi connectivity index (χ4n) is 4.45. The zero-order valence-electron chi connectivity index (χ0n) is 19.2. The monoisotopic (exact) mass is 458 g/mol. The summed E-state index contributed by atoms with van der Waals surface area (Å²) in [4.78, 5) is 0. The quantitative estimate of drug-likeness (QED) is 0.290. The molecule has 0 aliphatic heterocycles. The summed E-state index contributed by atoms with van der Waals surface area (Å²) >= 11 is 0. The molecule has 0 bridgehead atoms. The molecule has 0 heterocycles. The molecular weight excluding hydrogens is 425 g/mol. The predicted octanol–water partition coefficient (Wildman–Crippen LogP) is 7.88. The summed E-state index contributed by atoms with van der Waals surface area (Å²) in [6.45, 7) is 6.00. The molecule has 33 heavy (non-hydrogen) atoms. The number of hydrogen-bond acceptors (Lipinski definition) is 2. The number of ether oxygens (including phenoxy) is 1. The van der Waals surface area contributed by atoms with Crippen molar-refractivity contribution >= 4 is 6.08 Å². The smallest absolute Gasteiger partial charge is 0.166 e. The average Bonchev–Trinajstić information content (AvgIpc) is 2.81. The van der Waals surface area contributed by atoms with Crippen molar-refractivity contribution in [2.45, 2.75) is 63.9 Å². The van der Waals surface area contributed by atoms with Crippen molar-refractivity contribution in [1.82, 2.24) is 0 Å². The molecule has 5 heteroatoms. The summed E-state index contributed by atoms with van der Waals surface area (Å²) in [5, 5.41) is 9.99.